The number of phenolic OH excluding ortho intramolecular Hbond substituents is 1. The number of aryl methyl sites for hydroxylation is 1. The number of carbonyl (C=O) groups is 1. The second-order valence-electron chi connectivity index (χ2n) is 2.76. The first-order chi connectivity index (χ1) is 5.77. The fourth-order valence-electron chi connectivity index (χ4n) is 1.13. The van der Waals surface area contributed by atoms with Crippen molar-refractivity contribution in [1.29, 1.82) is 0 Å². The Morgan fingerprint density at radius 2 is 2.15 bits per heavy atom. The van der Waals surface area contributed by atoms with Crippen molar-refractivity contribution in [3.8, 4) is 5.75 Å². The summed E-state index contributed by atoms with van der Waals surface area (Å²) in [6, 6.07) is 5.16. The summed E-state index contributed by atoms with van der Waals surface area (Å²) in [5.41, 5.74) is 1.43. The third-order valence-electron chi connectivity index (χ3n) is 1.76. The minimum absolute atomic E-state index is 0. The SMILES string of the molecule is CCCc1ccc(C=O)c(O)c1.[Rf]. The third kappa shape index (κ3) is 2.33. The predicted octanol–water partition coefficient (Wildman–Crippen LogP) is 2.16. The van der Waals surface area contributed by atoms with E-state index in [0.717, 1.165) is 18.4 Å². The molecule has 66 valence electrons. The second-order valence-corrected chi connectivity index (χ2v) is 2.76. The minimum Gasteiger partial charge on any atom is -0.507 e. The van der Waals surface area contributed by atoms with Gasteiger partial charge in [0.25, 0.3) is 0 Å². The number of rotatable bonds is 3. The summed E-state index contributed by atoms with van der Waals surface area (Å²) in [6.45, 7) is 2.07. The summed E-state index contributed by atoms with van der Waals surface area (Å²) in [5, 5.41) is 9.29. The summed E-state index contributed by atoms with van der Waals surface area (Å²) in [4.78, 5) is 10.3. The Kier molecular flexibility index (Phi) is 3.74. The fraction of sp³-hybridized carbons (Fsp3) is 0.300. The molecule has 1 aromatic carbocycles. The minimum atomic E-state index is 0. The molecule has 0 amide bonds. The fourth-order valence-corrected chi connectivity index (χ4v) is 1.13. The van der Waals surface area contributed by atoms with Crippen LogP contribution in [0, 0.1) is 0 Å². The molecule has 0 saturated carbocycles. The molecule has 0 aliphatic rings. The number of aldehydes is 1. The van der Waals surface area contributed by atoms with E-state index < -0.39 is 0 Å². The van der Waals surface area contributed by atoms with E-state index in [4.69, 9.17) is 0 Å². The second kappa shape index (κ2) is 4.54. The van der Waals surface area contributed by atoms with Crippen LogP contribution in [0.3, 0.4) is 0 Å². The molecular weight excluding hydrogens is 419 g/mol. The van der Waals surface area contributed by atoms with Gasteiger partial charge < -0.3 is 5.11 Å². The van der Waals surface area contributed by atoms with Crippen molar-refractivity contribution in [1.82, 2.24) is 0 Å². The van der Waals surface area contributed by atoms with Gasteiger partial charge in [-0.3, -0.25) is 4.79 Å². The van der Waals surface area contributed by atoms with Crippen molar-refractivity contribution in [3.63, 3.8) is 0 Å². The molecule has 0 heterocycles. The topological polar surface area (TPSA) is 37.3 Å². The quantitative estimate of drug-likeness (QED) is 0.746. The first-order valence-corrected chi connectivity index (χ1v) is 4.05. The molecule has 1 N–H and O–H groups in total. The predicted molar refractivity (Wildman–Crippen MR) is 47.5 cm³/mol. The molecule has 0 saturated heterocycles. The van der Waals surface area contributed by atoms with Gasteiger partial charge in [0.15, 0.2) is 6.29 Å². The van der Waals surface area contributed by atoms with Crippen molar-refractivity contribution in [2.24, 2.45) is 0 Å². The van der Waals surface area contributed by atoms with Gasteiger partial charge in [-0.1, -0.05) is 19.4 Å². The first-order valence-electron chi connectivity index (χ1n) is 4.05. The Morgan fingerprint density at radius 3 is 2.62 bits per heavy atom. The number of carbonyl (C=O) groups excluding carboxylic acids is 1. The van der Waals surface area contributed by atoms with Crippen molar-refractivity contribution in [2.75, 3.05) is 0 Å². The van der Waals surface area contributed by atoms with Crippen molar-refractivity contribution in [3.05, 3.63) is 29.3 Å². The molecule has 0 unspecified atom stereocenters. The molecule has 0 fully saturated rings. The van der Waals surface area contributed by atoms with Crippen molar-refractivity contribution >= 4 is 6.29 Å². The molecular formula is C10H12O2Rf. The molecule has 3 heteroatoms. The van der Waals surface area contributed by atoms with Gasteiger partial charge in [0.1, 0.15) is 5.75 Å². The monoisotopic (exact) mass is 431 g/mol. The van der Waals surface area contributed by atoms with Crippen LogP contribution in [0.15, 0.2) is 18.2 Å². The number of phenols is 1. The van der Waals surface area contributed by atoms with Crippen molar-refractivity contribution in [2.45, 2.75) is 19.8 Å². The van der Waals surface area contributed by atoms with E-state index in [-0.39, 0.29) is 5.75 Å². The molecule has 0 spiro atoms. The normalized spacial score (nSPS) is 9.00. The van der Waals surface area contributed by atoms with Crippen LogP contribution in [0.4, 0.5) is 0 Å². The molecule has 1 aromatic rings. The van der Waals surface area contributed by atoms with Gasteiger partial charge in [0.05, 0.1) is 5.56 Å². The van der Waals surface area contributed by atoms with Gasteiger partial charge in [-0.2, -0.15) is 0 Å². The molecule has 0 atom stereocenters. The van der Waals surface area contributed by atoms with Crippen LogP contribution in [0.25, 0.3) is 0 Å². The average Bonchev–Trinajstić information content (AvgIpc) is 2.05. The first kappa shape index (κ1) is 10.7. The van der Waals surface area contributed by atoms with E-state index in [1.807, 2.05) is 6.07 Å². The van der Waals surface area contributed by atoms with Crippen LogP contribution >= 0.6 is 0 Å². The average molecular weight is 431 g/mol. The van der Waals surface area contributed by atoms with E-state index in [2.05, 4.69) is 6.92 Å². The maximum Gasteiger partial charge on any atom is 0.153 e. The Bertz CT molecular complexity index is 284. The van der Waals surface area contributed by atoms with E-state index in [1.54, 1.807) is 12.1 Å². The summed E-state index contributed by atoms with van der Waals surface area (Å²) in [6.07, 6.45) is 2.64. The smallest absolute Gasteiger partial charge is 0.153 e. The Morgan fingerprint density at radius 1 is 1.46 bits per heavy atom. The van der Waals surface area contributed by atoms with Crippen LogP contribution in [-0.4, -0.2) is 11.4 Å². The molecule has 0 radical (unpaired) electrons. The van der Waals surface area contributed by atoms with Gasteiger partial charge >= 0.3 is 0 Å². The summed E-state index contributed by atoms with van der Waals surface area (Å²) < 4.78 is 0. The molecule has 1 rings (SSSR count). The molecule has 0 aliphatic heterocycles. The maximum atomic E-state index is 10.3. The van der Waals surface area contributed by atoms with E-state index >= 15 is 0 Å². The maximum absolute atomic E-state index is 10.3. The van der Waals surface area contributed by atoms with Gasteiger partial charge in [-0.05, 0) is 24.1 Å². The standard InChI is InChI=1S/C10H12O2.Rf/c1-2-3-8-4-5-9(7-11)10(12)6-8;/h4-7,12H,2-3H2,1H3;. The van der Waals surface area contributed by atoms with E-state index in [0.29, 0.717) is 11.8 Å². The van der Waals surface area contributed by atoms with Crippen molar-refractivity contribution < 1.29 is 9.90 Å². The number of hydrogen-bond acceptors (Lipinski definition) is 2. The summed E-state index contributed by atoms with van der Waals surface area (Å²) >= 11 is 0. The van der Waals surface area contributed by atoms with Crippen LogP contribution in [-0.2, 0) is 6.42 Å². The van der Waals surface area contributed by atoms with E-state index in [9.17, 15) is 9.90 Å². The Labute approximate surface area is 71.8 Å². The van der Waals surface area contributed by atoms with Crippen LogP contribution in [0.2, 0.25) is 0 Å². The largest absolute Gasteiger partial charge is 0.507 e. The van der Waals surface area contributed by atoms with Gasteiger partial charge in [0.2, 0.25) is 0 Å². The number of aromatic hydroxyl groups is 1. The van der Waals surface area contributed by atoms with E-state index in [1.165, 1.54) is 0 Å². The number of benzene rings is 1. The molecule has 0 aromatic heterocycles. The molecule has 13 heavy (non-hydrogen) atoms. The molecule has 0 bridgehead atoms. The van der Waals surface area contributed by atoms with Crippen LogP contribution in [0.1, 0.15) is 29.3 Å². The Balaban J connectivity index is 0.00000144. The zero-order chi connectivity index (χ0) is 8.97. The van der Waals surface area contributed by atoms with Gasteiger partial charge in [-0.15, -0.1) is 0 Å². The van der Waals surface area contributed by atoms with Gasteiger partial charge in [-0.25, -0.2) is 0 Å². The third-order valence-corrected chi connectivity index (χ3v) is 1.76. The van der Waals surface area contributed by atoms with Gasteiger partial charge in [0, 0.05) is 0 Å². The summed E-state index contributed by atoms with van der Waals surface area (Å²) in [7, 11) is 0. The molecule has 2 nitrogen and oxygen atoms in total. The number of hydrogen-bond donors (Lipinski definition) is 1. The summed E-state index contributed by atoms with van der Waals surface area (Å²) in [5.74, 6) is 0.0796. The zero-order valence-corrected chi connectivity index (χ0v) is 14.2. The zero-order valence-electron chi connectivity index (χ0n) is 7.79. The Hall–Kier alpha value is -2.31. The molecule has 0 aliphatic carbocycles. The van der Waals surface area contributed by atoms with Crippen LogP contribution in [0.5, 0.6) is 5.75 Å². The van der Waals surface area contributed by atoms with Crippen LogP contribution < -0.4 is 0 Å².